The van der Waals surface area contributed by atoms with Crippen molar-refractivity contribution in [2.75, 3.05) is 6.54 Å². The third-order valence-electron chi connectivity index (χ3n) is 2.45. The van der Waals surface area contributed by atoms with Crippen LogP contribution in [0.5, 0.6) is 0 Å². The lowest BCUT2D eigenvalue weighted by Gasteiger charge is -2.04. The largest absolute Gasteiger partial charge is 0.350 e. The zero-order chi connectivity index (χ0) is 13.7. The lowest BCUT2D eigenvalue weighted by atomic mass is 10.1. The van der Waals surface area contributed by atoms with Gasteiger partial charge >= 0.3 is 0 Å². The highest BCUT2D eigenvalue weighted by Gasteiger charge is 2.07. The van der Waals surface area contributed by atoms with Crippen LogP contribution in [0.1, 0.15) is 16.1 Å². The zero-order valence-electron chi connectivity index (χ0n) is 9.94. The zero-order valence-corrected chi connectivity index (χ0v) is 10.7. The first kappa shape index (κ1) is 13.4. The molecule has 0 saturated carbocycles. The number of nitrogens with one attached hydrogen (secondary N) is 1. The molecular weight excluding hydrogens is 269 g/mol. The number of hydrogen-bond donors (Lipinski definition) is 1. The molecule has 2 rings (SSSR count). The normalized spacial score (nSPS) is 10.2. The molecule has 1 heterocycles. The van der Waals surface area contributed by atoms with Crippen molar-refractivity contribution in [2.24, 2.45) is 0 Å². The molecule has 19 heavy (non-hydrogen) atoms. The van der Waals surface area contributed by atoms with Crippen LogP contribution >= 0.6 is 11.6 Å². The molecule has 1 aromatic heterocycles. The van der Waals surface area contributed by atoms with Crippen molar-refractivity contribution in [1.29, 1.82) is 0 Å². The molecule has 0 spiro atoms. The van der Waals surface area contributed by atoms with E-state index in [9.17, 15) is 9.18 Å². The van der Waals surface area contributed by atoms with Crippen molar-refractivity contribution >= 4 is 17.5 Å². The van der Waals surface area contributed by atoms with Crippen LogP contribution in [-0.2, 0) is 6.42 Å². The average Bonchev–Trinajstić information content (AvgIpc) is 2.41. The fraction of sp³-hybridized carbons (Fsp3) is 0.154. The maximum atomic E-state index is 12.7. The average molecular weight is 280 g/mol. The molecule has 1 aromatic carbocycles. The molecule has 6 heteroatoms. The molecule has 0 atom stereocenters. The van der Waals surface area contributed by atoms with E-state index >= 15 is 0 Å². The number of benzene rings is 1. The second kappa shape index (κ2) is 6.24. The van der Waals surface area contributed by atoms with Crippen LogP contribution in [0.3, 0.4) is 0 Å². The molecule has 0 aliphatic heterocycles. The summed E-state index contributed by atoms with van der Waals surface area (Å²) in [5.74, 6) is -0.612. The first-order chi connectivity index (χ1) is 9.15. The van der Waals surface area contributed by atoms with Gasteiger partial charge in [0.05, 0.1) is 12.4 Å². The van der Waals surface area contributed by atoms with E-state index in [1.54, 1.807) is 12.1 Å². The van der Waals surface area contributed by atoms with Crippen LogP contribution in [0.4, 0.5) is 4.39 Å². The van der Waals surface area contributed by atoms with E-state index < -0.39 is 0 Å². The highest BCUT2D eigenvalue weighted by Crippen LogP contribution is 2.04. The molecule has 98 valence electrons. The van der Waals surface area contributed by atoms with Gasteiger partial charge in [-0.2, -0.15) is 0 Å². The highest BCUT2D eigenvalue weighted by atomic mass is 35.5. The Morgan fingerprint density at radius 2 is 2.00 bits per heavy atom. The number of nitrogens with zero attached hydrogens (tertiary/aromatic N) is 2. The van der Waals surface area contributed by atoms with E-state index in [-0.39, 0.29) is 22.6 Å². The maximum absolute atomic E-state index is 12.7. The first-order valence-corrected chi connectivity index (χ1v) is 6.03. The van der Waals surface area contributed by atoms with Gasteiger partial charge in [0.15, 0.2) is 0 Å². The van der Waals surface area contributed by atoms with Crippen molar-refractivity contribution in [2.45, 2.75) is 6.42 Å². The summed E-state index contributed by atoms with van der Waals surface area (Å²) in [5, 5.41) is 2.87. The van der Waals surface area contributed by atoms with Crippen LogP contribution in [0.15, 0.2) is 36.7 Å². The van der Waals surface area contributed by atoms with Crippen molar-refractivity contribution < 1.29 is 9.18 Å². The van der Waals surface area contributed by atoms with E-state index in [4.69, 9.17) is 11.6 Å². The third-order valence-corrected chi connectivity index (χ3v) is 2.63. The van der Waals surface area contributed by atoms with Gasteiger partial charge in [0.2, 0.25) is 0 Å². The Labute approximate surface area is 114 Å². The molecule has 0 radical (unpaired) electrons. The summed E-state index contributed by atoms with van der Waals surface area (Å²) < 4.78 is 12.7. The second-order valence-corrected chi connectivity index (χ2v) is 4.25. The Morgan fingerprint density at radius 3 is 2.68 bits per heavy atom. The predicted octanol–water partition coefficient (Wildman–Crippen LogP) is 2.24. The number of carbonyl (C=O) groups excluding carboxylic acids is 1. The van der Waals surface area contributed by atoms with E-state index in [1.807, 2.05) is 0 Å². The second-order valence-electron chi connectivity index (χ2n) is 3.86. The predicted molar refractivity (Wildman–Crippen MR) is 69.5 cm³/mol. The van der Waals surface area contributed by atoms with Gasteiger partial charge < -0.3 is 5.32 Å². The SMILES string of the molecule is O=C(NCCc1ccc(F)cc1)c1cncc(Cl)n1. The van der Waals surface area contributed by atoms with Crippen molar-refractivity contribution in [1.82, 2.24) is 15.3 Å². The summed E-state index contributed by atoms with van der Waals surface area (Å²) >= 11 is 5.64. The molecule has 0 unspecified atom stereocenters. The van der Waals surface area contributed by atoms with E-state index in [0.717, 1.165) is 5.56 Å². The standard InChI is InChI=1S/C13H11ClFN3O/c14-12-8-16-7-11(18-12)13(19)17-6-5-9-1-3-10(15)4-2-9/h1-4,7-8H,5-6H2,(H,17,19). The number of halogens is 2. The summed E-state index contributed by atoms with van der Waals surface area (Å²) in [5.41, 5.74) is 1.12. The Kier molecular flexibility index (Phi) is 4.41. The molecule has 1 N–H and O–H groups in total. The van der Waals surface area contributed by atoms with E-state index in [0.29, 0.717) is 13.0 Å². The molecule has 2 aromatic rings. The maximum Gasteiger partial charge on any atom is 0.271 e. The van der Waals surface area contributed by atoms with Crippen molar-refractivity contribution in [3.8, 4) is 0 Å². The smallest absolute Gasteiger partial charge is 0.271 e. The Bertz CT molecular complexity index is 574. The minimum atomic E-state index is -0.336. The summed E-state index contributed by atoms with van der Waals surface area (Å²) in [6.07, 6.45) is 3.32. The topological polar surface area (TPSA) is 54.9 Å². The van der Waals surface area contributed by atoms with Gasteiger partial charge in [0, 0.05) is 6.54 Å². The lowest BCUT2D eigenvalue weighted by molar-refractivity contribution is 0.0948. The van der Waals surface area contributed by atoms with Gasteiger partial charge in [-0.15, -0.1) is 0 Å². The molecule has 4 nitrogen and oxygen atoms in total. The minimum absolute atomic E-state index is 0.172. The first-order valence-electron chi connectivity index (χ1n) is 5.65. The summed E-state index contributed by atoms with van der Waals surface area (Å²) in [7, 11) is 0. The van der Waals surface area contributed by atoms with Gasteiger partial charge in [-0.1, -0.05) is 23.7 Å². The summed E-state index contributed by atoms with van der Waals surface area (Å²) in [4.78, 5) is 19.3. The van der Waals surface area contributed by atoms with Gasteiger partial charge in [0.1, 0.15) is 16.7 Å². The van der Waals surface area contributed by atoms with Crippen LogP contribution in [0, 0.1) is 5.82 Å². The fourth-order valence-corrected chi connectivity index (χ4v) is 1.66. The van der Waals surface area contributed by atoms with E-state index in [2.05, 4.69) is 15.3 Å². The number of aromatic nitrogens is 2. The quantitative estimate of drug-likeness (QED) is 0.934. The van der Waals surface area contributed by atoms with Gasteiger partial charge in [-0.3, -0.25) is 9.78 Å². The van der Waals surface area contributed by atoms with Gasteiger partial charge in [0.25, 0.3) is 5.91 Å². The minimum Gasteiger partial charge on any atom is -0.350 e. The molecule has 1 amide bonds. The molecule has 0 saturated heterocycles. The number of carbonyl (C=O) groups is 1. The highest BCUT2D eigenvalue weighted by molar-refractivity contribution is 6.29. The van der Waals surface area contributed by atoms with Gasteiger partial charge in [-0.25, -0.2) is 9.37 Å². The Morgan fingerprint density at radius 1 is 1.26 bits per heavy atom. The van der Waals surface area contributed by atoms with Crippen LogP contribution in [-0.4, -0.2) is 22.4 Å². The summed E-state index contributed by atoms with van der Waals surface area (Å²) in [6, 6.07) is 6.14. The molecule has 0 bridgehead atoms. The van der Waals surface area contributed by atoms with Crippen LogP contribution in [0.25, 0.3) is 0 Å². The Balaban J connectivity index is 1.86. The fourth-order valence-electron chi connectivity index (χ4n) is 1.51. The Hall–Kier alpha value is -2.01. The monoisotopic (exact) mass is 279 g/mol. The number of rotatable bonds is 4. The van der Waals surface area contributed by atoms with E-state index in [1.165, 1.54) is 24.5 Å². The van der Waals surface area contributed by atoms with Gasteiger partial charge in [-0.05, 0) is 24.1 Å². The molecular formula is C13H11ClFN3O. The van der Waals surface area contributed by atoms with Crippen molar-refractivity contribution in [3.05, 3.63) is 58.9 Å². The number of amides is 1. The lowest BCUT2D eigenvalue weighted by Crippen LogP contribution is -2.26. The molecule has 0 aliphatic carbocycles. The van der Waals surface area contributed by atoms with Crippen molar-refractivity contribution in [3.63, 3.8) is 0 Å². The summed E-state index contributed by atoms with van der Waals surface area (Å²) in [6.45, 7) is 0.429. The molecule has 0 aliphatic rings. The van der Waals surface area contributed by atoms with Crippen LogP contribution < -0.4 is 5.32 Å². The number of hydrogen-bond acceptors (Lipinski definition) is 3. The third kappa shape index (κ3) is 3.99. The molecule has 0 fully saturated rings. The van der Waals surface area contributed by atoms with Crippen LogP contribution in [0.2, 0.25) is 5.15 Å².